The van der Waals surface area contributed by atoms with Crippen molar-refractivity contribution in [1.82, 2.24) is 0 Å². The molecule has 1 rings (SSSR count). The van der Waals surface area contributed by atoms with Gasteiger partial charge in [-0.3, -0.25) is 4.79 Å². The van der Waals surface area contributed by atoms with Crippen molar-refractivity contribution in [3.63, 3.8) is 0 Å². The van der Waals surface area contributed by atoms with Gasteiger partial charge < -0.3 is 5.11 Å². The van der Waals surface area contributed by atoms with Crippen LogP contribution in [0.3, 0.4) is 0 Å². The zero-order valence-electron chi connectivity index (χ0n) is 5.63. The minimum atomic E-state index is -0.668. The Morgan fingerprint density at radius 3 is 2.78 bits per heavy atom. The molecule has 2 heteroatoms. The molecule has 1 aliphatic carbocycles. The van der Waals surface area contributed by atoms with E-state index in [1.165, 1.54) is 0 Å². The minimum Gasteiger partial charge on any atom is -0.385 e. The topological polar surface area (TPSA) is 37.3 Å². The third-order valence-electron chi connectivity index (χ3n) is 1.95. The molecule has 0 spiro atoms. The van der Waals surface area contributed by atoms with Gasteiger partial charge in [0.25, 0.3) is 0 Å². The Balaban J connectivity index is 2.51. The summed E-state index contributed by atoms with van der Waals surface area (Å²) in [7, 11) is 0. The van der Waals surface area contributed by atoms with Crippen molar-refractivity contribution in [1.29, 1.82) is 0 Å². The largest absolute Gasteiger partial charge is 0.385 e. The second-order valence-electron chi connectivity index (χ2n) is 2.78. The molecule has 2 nitrogen and oxygen atoms in total. The molecule has 0 bridgehead atoms. The summed E-state index contributed by atoms with van der Waals surface area (Å²) in [5.41, 5.74) is 0. The highest BCUT2D eigenvalue weighted by atomic mass is 16.3. The zero-order chi connectivity index (χ0) is 6.85. The second kappa shape index (κ2) is 2.48. The molecule has 0 unspecified atom stereocenters. The first kappa shape index (κ1) is 6.75. The number of carbonyl (C=O) groups excluding carboxylic acids is 1. The van der Waals surface area contributed by atoms with Crippen LogP contribution in [0.5, 0.6) is 0 Å². The molecule has 1 saturated carbocycles. The summed E-state index contributed by atoms with van der Waals surface area (Å²) in [5, 5.41) is 9.10. The lowest BCUT2D eigenvalue weighted by molar-refractivity contribution is -0.132. The van der Waals surface area contributed by atoms with Crippen molar-refractivity contribution in [3.05, 3.63) is 0 Å². The number of aliphatic hydroxyl groups is 1. The van der Waals surface area contributed by atoms with Gasteiger partial charge in [0, 0.05) is 6.42 Å². The van der Waals surface area contributed by atoms with E-state index in [1.807, 2.05) is 6.92 Å². The number of rotatable bonds is 0. The van der Waals surface area contributed by atoms with Gasteiger partial charge in [0.15, 0.2) is 5.78 Å². The van der Waals surface area contributed by atoms with Gasteiger partial charge in [-0.1, -0.05) is 6.92 Å². The highest BCUT2D eigenvalue weighted by Crippen LogP contribution is 2.20. The first-order valence-electron chi connectivity index (χ1n) is 3.42. The molecular weight excluding hydrogens is 116 g/mol. The van der Waals surface area contributed by atoms with E-state index in [-0.39, 0.29) is 11.7 Å². The maximum Gasteiger partial charge on any atom is 0.161 e. The zero-order valence-corrected chi connectivity index (χ0v) is 5.63. The summed E-state index contributed by atoms with van der Waals surface area (Å²) in [6, 6.07) is 0. The number of carbonyl (C=O) groups is 1. The van der Waals surface area contributed by atoms with Crippen molar-refractivity contribution in [2.24, 2.45) is 5.92 Å². The van der Waals surface area contributed by atoms with Gasteiger partial charge in [-0.15, -0.1) is 0 Å². The Bertz CT molecular complexity index is 120. The van der Waals surface area contributed by atoms with Gasteiger partial charge in [-0.2, -0.15) is 0 Å². The Morgan fingerprint density at radius 1 is 1.67 bits per heavy atom. The Kier molecular flexibility index (Phi) is 1.86. The third kappa shape index (κ3) is 1.30. The van der Waals surface area contributed by atoms with E-state index >= 15 is 0 Å². The summed E-state index contributed by atoms with van der Waals surface area (Å²) in [5.74, 6) is 0.208. The summed E-state index contributed by atoms with van der Waals surface area (Å²) >= 11 is 0. The fourth-order valence-corrected chi connectivity index (χ4v) is 1.22. The van der Waals surface area contributed by atoms with Crippen LogP contribution in [-0.2, 0) is 4.79 Å². The molecule has 0 aromatic carbocycles. The molecule has 0 amide bonds. The summed E-state index contributed by atoms with van der Waals surface area (Å²) in [6.07, 6.45) is 1.86. The number of hydrogen-bond acceptors (Lipinski definition) is 2. The van der Waals surface area contributed by atoms with Crippen LogP contribution in [0.25, 0.3) is 0 Å². The van der Waals surface area contributed by atoms with Crippen molar-refractivity contribution in [3.8, 4) is 0 Å². The smallest absolute Gasteiger partial charge is 0.161 e. The summed E-state index contributed by atoms with van der Waals surface area (Å²) in [6.45, 7) is 1.92. The minimum absolute atomic E-state index is 0.0220. The fraction of sp³-hybridized carbons (Fsp3) is 0.857. The van der Waals surface area contributed by atoms with Gasteiger partial charge in [-0.05, 0) is 18.8 Å². The van der Waals surface area contributed by atoms with E-state index in [0.29, 0.717) is 6.42 Å². The predicted molar refractivity (Wildman–Crippen MR) is 34.0 cm³/mol. The van der Waals surface area contributed by atoms with Crippen molar-refractivity contribution >= 4 is 5.78 Å². The summed E-state index contributed by atoms with van der Waals surface area (Å²) in [4.78, 5) is 10.8. The average Bonchev–Trinajstić information content (AvgIpc) is 1.83. The molecule has 0 aliphatic heterocycles. The highest BCUT2D eigenvalue weighted by Gasteiger charge is 2.25. The van der Waals surface area contributed by atoms with Crippen LogP contribution in [0.15, 0.2) is 0 Å². The molecule has 0 saturated heterocycles. The van der Waals surface area contributed by atoms with E-state index in [2.05, 4.69) is 0 Å². The molecule has 1 aliphatic rings. The third-order valence-corrected chi connectivity index (χ3v) is 1.95. The molecule has 0 aromatic heterocycles. The van der Waals surface area contributed by atoms with Crippen molar-refractivity contribution in [2.75, 3.05) is 0 Å². The van der Waals surface area contributed by atoms with Crippen LogP contribution in [0.2, 0.25) is 0 Å². The van der Waals surface area contributed by atoms with Crippen LogP contribution in [-0.4, -0.2) is 17.0 Å². The molecule has 1 N–H and O–H groups in total. The lowest BCUT2D eigenvalue weighted by Crippen LogP contribution is -2.31. The fourth-order valence-electron chi connectivity index (χ4n) is 1.22. The Labute approximate surface area is 54.9 Å². The van der Waals surface area contributed by atoms with E-state index in [4.69, 9.17) is 5.11 Å². The Hall–Kier alpha value is -0.370. The van der Waals surface area contributed by atoms with E-state index in [1.54, 1.807) is 0 Å². The standard InChI is InChI=1S/C7H12O2/c1-5-3-2-4-6(8)7(5)9/h5,7,9H,2-4H2,1H3/t5-,7+/m1/s1. The van der Waals surface area contributed by atoms with Crippen molar-refractivity contribution in [2.45, 2.75) is 32.3 Å². The number of aliphatic hydroxyl groups excluding tert-OH is 1. The molecule has 0 aromatic rings. The van der Waals surface area contributed by atoms with E-state index in [9.17, 15) is 4.79 Å². The van der Waals surface area contributed by atoms with Crippen LogP contribution in [0.4, 0.5) is 0 Å². The molecule has 0 radical (unpaired) electrons. The first-order valence-corrected chi connectivity index (χ1v) is 3.42. The van der Waals surface area contributed by atoms with Crippen LogP contribution >= 0.6 is 0 Å². The van der Waals surface area contributed by atoms with Crippen molar-refractivity contribution < 1.29 is 9.90 Å². The highest BCUT2D eigenvalue weighted by molar-refractivity contribution is 5.83. The van der Waals surface area contributed by atoms with Gasteiger partial charge in [0.05, 0.1) is 0 Å². The Morgan fingerprint density at radius 2 is 2.33 bits per heavy atom. The van der Waals surface area contributed by atoms with E-state index < -0.39 is 6.10 Å². The van der Waals surface area contributed by atoms with E-state index in [0.717, 1.165) is 12.8 Å². The van der Waals surface area contributed by atoms with Gasteiger partial charge in [0.1, 0.15) is 6.10 Å². The predicted octanol–water partition coefficient (Wildman–Crippen LogP) is 0.736. The number of Topliss-reactive ketones (excluding diaryl/α,β-unsaturated/α-hetero) is 1. The monoisotopic (exact) mass is 128 g/mol. The number of ketones is 1. The first-order chi connectivity index (χ1) is 4.22. The normalized spacial score (nSPS) is 36.9. The molecule has 52 valence electrons. The van der Waals surface area contributed by atoms with Crippen LogP contribution in [0, 0.1) is 5.92 Å². The van der Waals surface area contributed by atoms with Crippen LogP contribution in [0.1, 0.15) is 26.2 Å². The maximum atomic E-state index is 10.8. The quantitative estimate of drug-likeness (QED) is 0.522. The average molecular weight is 128 g/mol. The molecular formula is C7H12O2. The lowest BCUT2D eigenvalue weighted by atomic mass is 9.87. The molecule has 0 heterocycles. The van der Waals surface area contributed by atoms with Gasteiger partial charge in [-0.25, -0.2) is 0 Å². The number of hydrogen-bond donors (Lipinski definition) is 1. The SMILES string of the molecule is C[C@@H]1CCCC(=O)[C@H]1O. The lowest BCUT2D eigenvalue weighted by Gasteiger charge is -2.22. The summed E-state index contributed by atoms with van der Waals surface area (Å²) < 4.78 is 0. The second-order valence-corrected chi connectivity index (χ2v) is 2.78. The van der Waals surface area contributed by atoms with Gasteiger partial charge >= 0.3 is 0 Å². The maximum absolute atomic E-state index is 10.8. The van der Waals surface area contributed by atoms with Crippen LogP contribution < -0.4 is 0 Å². The molecule has 9 heavy (non-hydrogen) atoms. The molecule has 2 atom stereocenters. The van der Waals surface area contributed by atoms with Gasteiger partial charge in [0.2, 0.25) is 0 Å². The molecule has 1 fully saturated rings.